The van der Waals surface area contributed by atoms with Crippen molar-refractivity contribution < 1.29 is 13.2 Å². The fraction of sp³-hybridized carbons (Fsp3) is 0.421. The smallest absolute Gasteiger partial charge is 0.240 e. The second-order valence-corrected chi connectivity index (χ2v) is 8.69. The molecule has 1 saturated carbocycles. The predicted octanol–water partition coefficient (Wildman–Crippen LogP) is 3.10. The second kappa shape index (κ2) is 8.54. The average Bonchev–Trinajstić information content (AvgIpc) is 3.14. The zero-order valence-corrected chi connectivity index (χ0v) is 16.7. The van der Waals surface area contributed by atoms with Crippen LogP contribution in [0, 0.1) is 11.3 Å². The summed E-state index contributed by atoms with van der Waals surface area (Å²) in [6.45, 7) is 3.53. The molecule has 1 aliphatic rings. The summed E-state index contributed by atoms with van der Waals surface area (Å²) in [6.07, 6.45) is 5.64. The highest BCUT2D eigenvalue weighted by Gasteiger charge is 2.20. The summed E-state index contributed by atoms with van der Waals surface area (Å²) in [5.41, 5.74) is 0.915. The van der Waals surface area contributed by atoms with Crippen LogP contribution in [0.4, 0.5) is 11.6 Å². The molecule has 0 unspecified atom stereocenters. The van der Waals surface area contributed by atoms with E-state index in [2.05, 4.69) is 20.0 Å². The number of hydrogen-bond acceptors (Lipinski definition) is 7. The van der Waals surface area contributed by atoms with E-state index < -0.39 is 10.0 Å². The Bertz CT molecular complexity index is 962. The zero-order valence-electron chi connectivity index (χ0n) is 15.8. The van der Waals surface area contributed by atoms with Crippen LogP contribution in [0.1, 0.15) is 45.1 Å². The molecular weight excluding hydrogens is 378 g/mol. The first kappa shape index (κ1) is 20.0. The van der Waals surface area contributed by atoms with E-state index in [-0.39, 0.29) is 28.9 Å². The standard InChI is InChI=1S/C19H23N5O3S/c1-13(2)24-28(25,26)17-9-7-15(8-10-17)22-19-21-12-14(11-20)18(23-19)27-16-5-3-4-6-16/h7-10,12-13,16,24H,3-6H2,1-2H3,(H,21,22,23). The molecule has 0 saturated heterocycles. The summed E-state index contributed by atoms with van der Waals surface area (Å²) < 4.78 is 32.8. The van der Waals surface area contributed by atoms with Crippen molar-refractivity contribution in [3.05, 3.63) is 36.0 Å². The van der Waals surface area contributed by atoms with Crippen LogP contribution >= 0.6 is 0 Å². The van der Waals surface area contributed by atoms with Crippen LogP contribution in [0.15, 0.2) is 35.4 Å². The normalized spacial score (nSPS) is 14.8. The molecule has 0 aliphatic heterocycles. The van der Waals surface area contributed by atoms with Crippen LogP contribution in [0.25, 0.3) is 0 Å². The monoisotopic (exact) mass is 401 g/mol. The van der Waals surface area contributed by atoms with Gasteiger partial charge >= 0.3 is 0 Å². The van der Waals surface area contributed by atoms with Crippen LogP contribution in [0.5, 0.6) is 5.88 Å². The number of hydrogen-bond donors (Lipinski definition) is 2. The maximum atomic E-state index is 12.2. The largest absolute Gasteiger partial charge is 0.473 e. The molecule has 3 rings (SSSR count). The van der Waals surface area contributed by atoms with Gasteiger partial charge in [0.15, 0.2) is 0 Å². The van der Waals surface area contributed by atoms with Gasteiger partial charge in [-0.3, -0.25) is 0 Å². The highest BCUT2D eigenvalue weighted by molar-refractivity contribution is 7.89. The summed E-state index contributed by atoms with van der Waals surface area (Å²) in [5.74, 6) is 0.551. The van der Waals surface area contributed by atoms with E-state index in [0.29, 0.717) is 11.3 Å². The molecule has 0 radical (unpaired) electrons. The number of nitrogens with zero attached hydrogens (tertiary/aromatic N) is 3. The molecule has 0 spiro atoms. The first-order chi connectivity index (χ1) is 13.4. The van der Waals surface area contributed by atoms with Crippen LogP contribution < -0.4 is 14.8 Å². The quantitative estimate of drug-likeness (QED) is 0.732. The average molecular weight is 401 g/mol. The number of sulfonamides is 1. The lowest BCUT2D eigenvalue weighted by atomic mass is 10.3. The number of aromatic nitrogens is 2. The maximum absolute atomic E-state index is 12.2. The molecule has 1 aromatic heterocycles. The summed E-state index contributed by atoms with van der Waals surface area (Å²) >= 11 is 0. The van der Waals surface area contributed by atoms with Gasteiger partial charge < -0.3 is 10.1 Å². The Morgan fingerprint density at radius 1 is 1.21 bits per heavy atom. The van der Waals surface area contributed by atoms with Crippen molar-refractivity contribution in [3.8, 4) is 11.9 Å². The Morgan fingerprint density at radius 2 is 1.89 bits per heavy atom. The molecule has 1 fully saturated rings. The van der Waals surface area contributed by atoms with Crippen LogP contribution in [-0.4, -0.2) is 30.5 Å². The molecule has 0 amide bonds. The SMILES string of the molecule is CC(C)NS(=O)(=O)c1ccc(Nc2ncc(C#N)c(OC3CCCC3)n2)cc1. The van der Waals surface area contributed by atoms with E-state index in [1.165, 1.54) is 18.3 Å². The van der Waals surface area contributed by atoms with Gasteiger partial charge in [-0.1, -0.05) is 0 Å². The number of ether oxygens (including phenoxy) is 1. The molecule has 8 nitrogen and oxygen atoms in total. The summed E-state index contributed by atoms with van der Waals surface area (Å²) in [5, 5.41) is 12.3. The zero-order chi connectivity index (χ0) is 20.1. The first-order valence-electron chi connectivity index (χ1n) is 9.20. The third-order valence-corrected chi connectivity index (χ3v) is 5.94. The van der Waals surface area contributed by atoms with Crippen molar-refractivity contribution in [3.63, 3.8) is 0 Å². The van der Waals surface area contributed by atoms with Crippen LogP contribution in [-0.2, 0) is 10.0 Å². The molecule has 28 heavy (non-hydrogen) atoms. The van der Waals surface area contributed by atoms with Gasteiger partial charge in [0.05, 0.1) is 11.1 Å². The number of nitriles is 1. The minimum Gasteiger partial charge on any atom is -0.473 e. The van der Waals surface area contributed by atoms with Gasteiger partial charge in [0.2, 0.25) is 21.9 Å². The van der Waals surface area contributed by atoms with E-state index in [9.17, 15) is 13.7 Å². The summed E-state index contributed by atoms with van der Waals surface area (Å²) in [6, 6.07) is 8.14. The van der Waals surface area contributed by atoms with Gasteiger partial charge in [-0.05, 0) is 63.8 Å². The third kappa shape index (κ3) is 4.97. The topological polar surface area (TPSA) is 117 Å². The number of benzene rings is 1. The molecule has 0 bridgehead atoms. The maximum Gasteiger partial charge on any atom is 0.240 e. The number of anilines is 2. The highest BCUT2D eigenvalue weighted by Crippen LogP contribution is 2.26. The Hall–Kier alpha value is -2.70. The van der Waals surface area contributed by atoms with Crippen molar-refractivity contribution >= 4 is 21.7 Å². The van der Waals surface area contributed by atoms with E-state index in [4.69, 9.17) is 4.74 Å². The van der Waals surface area contributed by atoms with Crippen molar-refractivity contribution in [2.45, 2.75) is 56.6 Å². The molecule has 1 aromatic carbocycles. The van der Waals surface area contributed by atoms with Gasteiger partial charge in [0, 0.05) is 11.7 Å². The van der Waals surface area contributed by atoms with E-state index in [1.807, 2.05) is 6.07 Å². The van der Waals surface area contributed by atoms with E-state index in [0.717, 1.165) is 25.7 Å². The lowest BCUT2D eigenvalue weighted by Crippen LogP contribution is -2.30. The number of nitrogens with one attached hydrogen (secondary N) is 2. The Labute approximate surface area is 165 Å². The Kier molecular flexibility index (Phi) is 6.11. The van der Waals surface area contributed by atoms with Gasteiger partial charge in [0.25, 0.3) is 0 Å². The molecular formula is C19H23N5O3S. The molecule has 148 valence electrons. The van der Waals surface area contributed by atoms with Gasteiger partial charge in [-0.15, -0.1) is 0 Å². The second-order valence-electron chi connectivity index (χ2n) is 6.97. The van der Waals surface area contributed by atoms with Gasteiger partial charge in [0.1, 0.15) is 17.7 Å². The van der Waals surface area contributed by atoms with Crippen molar-refractivity contribution in [1.29, 1.82) is 5.26 Å². The Morgan fingerprint density at radius 3 is 2.50 bits per heavy atom. The van der Waals surface area contributed by atoms with E-state index in [1.54, 1.807) is 26.0 Å². The van der Waals surface area contributed by atoms with Crippen molar-refractivity contribution in [2.24, 2.45) is 0 Å². The Balaban J connectivity index is 1.75. The number of rotatable bonds is 7. The molecule has 0 atom stereocenters. The molecule has 1 heterocycles. The van der Waals surface area contributed by atoms with Gasteiger partial charge in [-0.2, -0.15) is 10.2 Å². The van der Waals surface area contributed by atoms with Crippen molar-refractivity contribution in [2.75, 3.05) is 5.32 Å². The van der Waals surface area contributed by atoms with Gasteiger partial charge in [-0.25, -0.2) is 18.1 Å². The minimum atomic E-state index is -3.54. The lowest BCUT2D eigenvalue weighted by Gasteiger charge is -2.14. The fourth-order valence-electron chi connectivity index (χ4n) is 2.98. The van der Waals surface area contributed by atoms with Crippen LogP contribution in [0.2, 0.25) is 0 Å². The molecule has 9 heteroatoms. The molecule has 2 aromatic rings. The lowest BCUT2D eigenvalue weighted by molar-refractivity contribution is 0.201. The summed E-state index contributed by atoms with van der Waals surface area (Å²) in [4.78, 5) is 8.63. The van der Waals surface area contributed by atoms with E-state index >= 15 is 0 Å². The third-order valence-electron chi connectivity index (χ3n) is 4.27. The van der Waals surface area contributed by atoms with Crippen LogP contribution in [0.3, 0.4) is 0 Å². The first-order valence-corrected chi connectivity index (χ1v) is 10.7. The molecule has 1 aliphatic carbocycles. The minimum absolute atomic E-state index is 0.0767. The fourth-order valence-corrected chi connectivity index (χ4v) is 4.23. The van der Waals surface area contributed by atoms with Crippen molar-refractivity contribution in [1.82, 2.24) is 14.7 Å². The predicted molar refractivity (Wildman–Crippen MR) is 105 cm³/mol. The highest BCUT2D eigenvalue weighted by atomic mass is 32.2. The molecule has 2 N–H and O–H groups in total. The summed E-state index contributed by atoms with van der Waals surface area (Å²) in [7, 11) is -3.54.